The van der Waals surface area contributed by atoms with Crippen LogP contribution in [0.4, 0.5) is 0 Å². The zero-order chi connectivity index (χ0) is 19.0. The van der Waals surface area contributed by atoms with Crippen molar-refractivity contribution in [3.8, 4) is 0 Å². The monoisotopic (exact) mass is 390 g/mol. The first kappa shape index (κ1) is 18.9. The molecule has 1 aromatic rings. The number of nitrogens with one attached hydrogen (secondary N) is 1. The Morgan fingerprint density at radius 1 is 1.11 bits per heavy atom. The first-order valence-electron chi connectivity index (χ1n) is 10.3. The van der Waals surface area contributed by atoms with Crippen molar-refractivity contribution in [2.45, 2.75) is 56.8 Å². The number of fused-ring (bicyclic) bond motifs is 1. The number of piperidine rings is 1. The molecular weight excluding hydrogens is 360 g/mol. The largest absolute Gasteiger partial charge is 0.338 e. The lowest BCUT2D eigenvalue weighted by Crippen LogP contribution is -2.44. The van der Waals surface area contributed by atoms with Gasteiger partial charge in [-0.05, 0) is 68.1 Å². The standard InChI is InChI=1S/C21H30N2O3S/c1-15-6-9-18(12-20(15)27(25,26)22-13-16-7-8-16)21(24)23-11-10-17-4-2-3-5-19(17)14-23/h6,9,12,16-17,19,22H,2-5,7-8,10-11,13-14H2,1H3. The van der Waals surface area contributed by atoms with E-state index in [9.17, 15) is 13.2 Å². The van der Waals surface area contributed by atoms with Crippen LogP contribution in [0.3, 0.4) is 0 Å². The van der Waals surface area contributed by atoms with Gasteiger partial charge in [-0.3, -0.25) is 4.79 Å². The number of likely N-dealkylation sites (tertiary alicyclic amines) is 1. The normalized spacial score (nSPS) is 25.9. The van der Waals surface area contributed by atoms with E-state index in [2.05, 4.69) is 4.72 Å². The second kappa shape index (κ2) is 7.55. The summed E-state index contributed by atoms with van der Waals surface area (Å²) in [6.45, 7) is 3.89. The minimum atomic E-state index is -3.57. The summed E-state index contributed by atoms with van der Waals surface area (Å²) in [7, 11) is -3.57. The predicted molar refractivity (Wildman–Crippen MR) is 105 cm³/mol. The summed E-state index contributed by atoms with van der Waals surface area (Å²) in [6, 6.07) is 5.09. The number of benzene rings is 1. The predicted octanol–water partition coefficient (Wildman–Crippen LogP) is 3.34. The Morgan fingerprint density at radius 2 is 1.85 bits per heavy atom. The maximum atomic E-state index is 13.1. The van der Waals surface area contributed by atoms with Gasteiger partial charge in [-0.25, -0.2) is 13.1 Å². The number of amides is 1. The van der Waals surface area contributed by atoms with Crippen molar-refractivity contribution >= 4 is 15.9 Å². The van der Waals surface area contributed by atoms with Crippen LogP contribution in [-0.4, -0.2) is 38.9 Å². The van der Waals surface area contributed by atoms with E-state index >= 15 is 0 Å². The highest BCUT2D eigenvalue weighted by atomic mass is 32.2. The quantitative estimate of drug-likeness (QED) is 0.838. The van der Waals surface area contributed by atoms with E-state index in [1.807, 2.05) is 4.90 Å². The molecule has 1 N–H and O–H groups in total. The van der Waals surface area contributed by atoms with E-state index in [1.54, 1.807) is 25.1 Å². The van der Waals surface area contributed by atoms with Gasteiger partial charge >= 0.3 is 0 Å². The number of carbonyl (C=O) groups is 1. The van der Waals surface area contributed by atoms with Crippen LogP contribution in [0.1, 0.15) is 60.9 Å². The Hall–Kier alpha value is -1.40. The van der Waals surface area contributed by atoms with Gasteiger partial charge in [0, 0.05) is 25.2 Å². The average Bonchev–Trinajstić information content (AvgIpc) is 3.50. The SMILES string of the molecule is Cc1ccc(C(=O)N2CCC3CCCCC3C2)cc1S(=O)(=O)NCC1CC1. The molecule has 4 rings (SSSR count). The van der Waals surface area contributed by atoms with E-state index in [-0.39, 0.29) is 10.8 Å². The molecule has 1 aliphatic heterocycles. The molecule has 2 aliphatic carbocycles. The average molecular weight is 391 g/mol. The van der Waals surface area contributed by atoms with E-state index in [1.165, 1.54) is 25.7 Å². The number of sulfonamides is 1. The van der Waals surface area contributed by atoms with Crippen molar-refractivity contribution in [1.82, 2.24) is 9.62 Å². The molecule has 1 aromatic carbocycles. The molecule has 3 aliphatic rings. The summed E-state index contributed by atoms with van der Waals surface area (Å²) in [5.41, 5.74) is 1.17. The highest BCUT2D eigenvalue weighted by Crippen LogP contribution is 2.36. The molecule has 1 amide bonds. The van der Waals surface area contributed by atoms with Crippen LogP contribution in [0.5, 0.6) is 0 Å². The first-order valence-corrected chi connectivity index (χ1v) is 11.8. The topological polar surface area (TPSA) is 66.5 Å². The molecule has 2 saturated carbocycles. The van der Waals surface area contributed by atoms with Gasteiger partial charge in [-0.15, -0.1) is 0 Å². The Morgan fingerprint density at radius 3 is 2.59 bits per heavy atom. The summed E-state index contributed by atoms with van der Waals surface area (Å²) in [6.07, 6.45) is 8.37. The smallest absolute Gasteiger partial charge is 0.253 e. The molecule has 1 heterocycles. The van der Waals surface area contributed by atoms with E-state index in [0.29, 0.717) is 29.5 Å². The molecule has 0 radical (unpaired) electrons. The van der Waals surface area contributed by atoms with E-state index in [0.717, 1.165) is 38.3 Å². The van der Waals surface area contributed by atoms with Gasteiger partial charge in [0.15, 0.2) is 0 Å². The molecule has 0 spiro atoms. The number of hydrogen-bond donors (Lipinski definition) is 1. The van der Waals surface area contributed by atoms with Crippen LogP contribution in [0.25, 0.3) is 0 Å². The summed E-state index contributed by atoms with van der Waals surface area (Å²) in [4.78, 5) is 15.2. The molecule has 6 heteroatoms. The van der Waals surface area contributed by atoms with Crippen molar-refractivity contribution in [2.75, 3.05) is 19.6 Å². The zero-order valence-electron chi connectivity index (χ0n) is 16.1. The number of nitrogens with zero attached hydrogens (tertiary/aromatic N) is 1. The van der Waals surface area contributed by atoms with Crippen molar-refractivity contribution in [2.24, 2.45) is 17.8 Å². The second-order valence-electron chi connectivity index (χ2n) is 8.62. The Kier molecular flexibility index (Phi) is 5.30. The van der Waals surface area contributed by atoms with Gasteiger partial charge in [0.2, 0.25) is 10.0 Å². The van der Waals surface area contributed by atoms with Crippen LogP contribution in [-0.2, 0) is 10.0 Å². The third-order valence-corrected chi connectivity index (χ3v) is 8.13. The van der Waals surface area contributed by atoms with Gasteiger partial charge in [0.05, 0.1) is 4.90 Å². The van der Waals surface area contributed by atoms with E-state index in [4.69, 9.17) is 0 Å². The molecule has 2 atom stereocenters. The highest BCUT2D eigenvalue weighted by Gasteiger charge is 2.33. The van der Waals surface area contributed by atoms with Crippen LogP contribution < -0.4 is 4.72 Å². The lowest BCUT2D eigenvalue weighted by Gasteiger charge is -2.41. The zero-order valence-corrected chi connectivity index (χ0v) is 16.9. The fourth-order valence-corrected chi connectivity index (χ4v) is 6.00. The van der Waals surface area contributed by atoms with Crippen LogP contribution in [0.15, 0.2) is 23.1 Å². The van der Waals surface area contributed by atoms with Gasteiger partial charge in [0.1, 0.15) is 0 Å². The van der Waals surface area contributed by atoms with Crippen LogP contribution in [0.2, 0.25) is 0 Å². The Balaban J connectivity index is 1.50. The van der Waals surface area contributed by atoms with Gasteiger partial charge in [0.25, 0.3) is 5.91 Å². The molecule has 3 fully saturated rings. The molecule has 2 unspecified atom stereocenters. The number of carbonyl (C=O) groups excluding carboxylic acids is 1. The minimum Gasteiger partial charge on any atom is -0.338 e. The van der Waals surface area contributed by atoms with Crippen molar-refractivity contribution in [3.63, 3.8) is 0 Å². The lowest BCUT2D eigenvalue weighted by molar-refractivity contribution is 0.0520. The Labute approximate surface area is 162 Å². The summed E-state index contributed by atoms with van der Waals surface area (Å²) < 4.78 is 28.1. The first-order chi connectivity index (χ1) is 12.9. The highest BCUT2D eigenvalue weighted by molar-refractivity contribution is 7.89. The third-order valence-electron chi connectivity index (χ3n) is 6.56. The van der Waals surface area contributed by atoms with E-state index < -0.39 is 10.0 Å². The molecule has 27 heavy (non-hydrogen) atoms. The second-order valence-corrected chi connectivity index (χ2v) is 10.4. The molecule has 5 nitrogen and oxygen atoms in total. The molecular formula is C21H30N2O3S. The Bertz CT molecular complexity index is 817. The summed E-state index contributed by atoms with van der Waals surface area (Å²) in [5.74, 6) is 1.83. The van der Waals surface area contributed by atoms with Crippen molar-refractivity contribution in [1.29, 1.82) is 0 Å². The molecule has 0 aromatic heterocycles. The summed E-state index contributed by atoms with van der Waals surface area (Å²) >= 11 is 0. The van der Waals surface area contributed by atoms with Gasteiger partial charge in [-0.2, -0.15) is 0 Å². The number of rotatable bonds is 5. The van der Waals surface area contributed by atoms with Crippen LogP contribution >= 0.6 is 0 Å². The van der Waals surface area contributed by atoms with Crippen LogP contribution in [0, 0.1) is 24.7 Å². The molecule has 1 saturated heterocycles. The minimum absolute atomic E-state index is 0.0299. The fourth-order valence-electron chi connectivity index (χ4n) is 4.62. The maximum absolute atomic E-state index is 13.1. The number of aryl methyl sites for hydroxylation is 1. The summed E-state index contributed by atoms with van der Waals surface area (Å²) in [5, 5.41) is 0. The number of hydrogen-bond acceptors (Lipinski definition) is 3. The fraction of sp³-hybridized carbons (Fsp3) is 0.667. The third kappa shape index (κ3) is 4.21. The van der Waals surface area contributed by atoms with Crippen molar-refractivity contribution in [3.05, 3.63) is 29.3 Å². The molecule has 0 bridgehead atoms. The lowest BCUT2D eigenvalue weighted by atomic mass is 9.75. The van der Waals surface area contributed by atoms with Gasteiger partial charge < -0.3 is 4.90 Å². The molecule has 148 valence electrons. The van der Waals surface area contributed by atoms with Gasteiger partial charge in [-0.1, -0.05) is 25.3 Å². The van der Waals surface area contributed by atoms with Crippen molar-refractivity contribution < 1.29 is 13.2 Å². The maximum Gasteiger partial charge on any atom is 0.253 e.